The zero-order valence-corrected chi connectivity index (χ0v) is 27.7. The van der Waals surface area contributed by atoms with E-state index in [1.807, 2.05) is 0 Å². The highest BCUT2D eigenvalue weighted by atomic mass is 35.5. The summed E-state index contributed by atoms with van der Waals surface area (Å²) in [4.78, 5) is 7.29. The maximum atomic E-state index is 7.80. The van der Waals surface area contributed by atoms with E-state index in [1.54, 1.807) is 11.8 Å². The first kappa shape index (κ1) is 29.0. The van der Waals surface area contributed by atoms with Crippen LogP contribution >= 0.6 is 33.4 Å². The Hall–Kier alpha value is -4.47. The van der Waals surface area contributed by atoms with Gasteiger partial charge in [0.1, 0.15) is 0 Å². The van der Waals surface area contributed by atoms with Crippen LogP contribution in [0.25, 0.3) is 32.3 Å². The minimum Gasteiger partial charge on any atom is -0.130 e. The average Bonchev–Trinajstić information content (AvgIpc) is 3.11. The standard InChI is InChI=1S/C43H31ClS2/c1-30-14-2-9-24-37(30)45-38-25-13-29-42(43(38)44)46(39-26-10-18-31-15-3-6-21-34(31)39,40-27-11-19-32-16-4-7-22-35(32)40)41-28-12-20-33-17-5-8-23-36(33)41/h2-29H,1H3. The molecular formula is C43H31ClS2. The lowest BCUT2D eigenvalue weighted by molar-refractivity contribution is 1.24. The first-order valence-electron chi connectivity index (χ1n) is 15.4. The lowest BCUT2D eigenvalue weighted by atomic mass is 10.1. The maximum absolute atomic E-state index is 7.80. The fraction of sp³-hybridized carbons (Fsp3) is 0.0233. The van der Waals surface area contributed by atoms with Crippen LogP contribution in [-0.4, -0.2) is 0 Å². The van der Waals surface area contributed by atoms with Crippen molar-refractivity contribution < 1.29 is 0 Å². The summed E-state index contributed by atoms with van der Waals surface area (Å²) < 4.78 is 0. The van der Waals surface area contributed by atoms with Crippen molar-refractivity contribution in [2.45, 2.75) is 36.3 Å². The number of rotatable bonds is 6. The molecule has 8 aromatic rings. The smallest absolute Gasteiger partial charge is 0.0675 e. The lowest BCUT2D eigenvalue weighted by Crippen LogP contribution is -2.08. The Morgan fingerprint density at radius 1 is 0.391 bits per heavy atom. The molecule has 8 aromatic carbocycles. The fourth-order valence-corrected chi connectivity index (χ4v) is 12.8. The molecule has 0 aliphatic heterocycles. The molecule has 0 heterocycles. The molecule has 0 aliphatic carbocycles. The number of hydrogen-bond acceptors (Lipinski definition) is 1. The molecule has 0 fully saturated rings. The van der Waals surface area contributed by atoms with E-state index < -0.39 is 10.0 Å². The molecule has 0 saturated heterocycles. The molecule has 0 saturated carbocycles. The van der Waals surface area contributed by atoms with E-state index in [1.165, 1.54) is 57.5 Å². The van der Waals surface area contributed by atoms with Crippen LogP contribution in [0, 0.1) is 6.92 Å². The van der Waals surface area contributed by atoms with E-state index in [0.29, 0.717) is 0 Å². The Bertz CT molecular complexity index is 2190. The number of benzene rings is 8. The topological polar surface area (TPSA) is 0 Å². The van der Waals surface area contributed by atoms with Crippen LogP contribution in [0.4, 0.5) is 0 Å². The second kappa shape index (κ2) is 12.0. The van der Waals surface area contributed by atoms with Gasteiger partial charge >= 0.3 is 0 Å². The highest BCUT2D eigenvalue weighted by molar-refractivity contribution is 8.34. The summed E-state index contributed by atoms with van der Waals surface area (Å²) in [5.74, 6) is 0. The van der Waals surface area contributed by atoms with Crippen molar-refractivity contribution in [3.63, 3.8) is 0 Å². The molecule has 0 aromatic heterocycles. The first-order chi connectivity index (χ1) is 22.7. The van der Waals surface area contributed by atoms with Gasteiger partial charge < -0.3 is 0 Å². The van der Waals surface area contributed by atoms with Gasteiger partial charge in [0.2, 0.25) is 0 Å². The van der Waals surface area contributed by atoms with E-state index in [-0.39, 0.29) is 0 Å². The molecule has 222 valence electrons. The summed E-state index contributed by atoms with van der Waals surface area (Å²) in [6, 6.07) is 61.9. The summed E-state index contributed by atoms with van der Waals surface area (Å²) in [5, 5.41) is 8.20. The summed E-state index contributed by atoms with van der Waals surface area (Å²) in [7, 11) is -2.19. The molecule has 0 N–H and O–H groups in total. The Morgan fingerprint density at radius 3 is 1.26 bits per heavy atom. The van der Waals surface area contributed by atoms with Crippen LogP contribution in [0.3, 0.4) is 0 Å². The fourth-order valence-electron chi connectivity index (χ4n) is 6.69. The van der Waals surface area contributed by atoms with Crippen LogP contribution in [0.15, 0.2) is 199 Å². The van der Waals surface area contributed by atoms with Crippen molar-refractivity contribution in [1.29, 1.82) is 0 Å². The second-order valence-electron chi connectivity index (χ2n) is 11.5. The van der Waals surface area contributed by atoms with Gasteiger partial charge in [-0.3, -0.25) is 0 Å². The minimum absolute atomic E-state index is 0.805. The van der Waals surface area contributed by atoms with E-state index >= 15 is 0 Å². The van der Waals surface area contributed by atoms with Gasteiger partial charge in [-0.05, 0) is 81.2 Å². The molecular weight excluding hydrogens is 616 g/mol. The molecule has 0 aliphatic rings. The summed E-state index contributed by atoms with van der Waals surface area (Å²) >= 11 is 9.55. The average molecular weight is 647 g/mol. The molecule has 46 heavy (non-hydrogen) atoms. The predicted octanol–water partition coefficient (Wildman–Crippen LogP) is 13.6. The molecule has 0 nitrogen and oxygen atoms in total. The van der Waals surface area contributed by atoms with E-state index in [9.17, 15) is 0 Å². The lowest BCUT2D eigenvalue weighted by Gasteiger charge is -2.44. The van der Waals surface area contributed by atoms with Gasteiger partial charge in [-0.1, -0.05) is 157 Å². The minimum atomic E-state index is -2.19. The SMILES string of the molecule is Cc1ccccc1Sc1cccc(S(c2cccc3ccccc23)(c2cccc3ccccc23)c2cccc3ccccc23)c1Cl. The monoisotopic (exact) mass is 646 g/mol. The molecule has 0 unspecified atom stereocenters. The molecule has 0 atom stereocenters. The molecule has 0 radical (unpaired) electrons. The quantitative estimate of drug-likeness (QED) is 0.173. The van der Waals surface area contributed by atoms with Gasteiger partial charge in [0, 0.05) is 29.4 Å². The van der Waals surface area contributed by atoms with Crippen LogP contribution in [0.1, 0.15) is 5.56 Å². The summed E-state index contributed by atoms with van der Waals surface area (Å²) in [6.07, 6.45) is 0. The Morgan fingerprint density at radius 2 is 0.761 bits per heavy atom. The molecule has 0 amide bonds. The number of halogens is 1. The second-order valence-corrected chi connectivity index (χ2v) is 15.9. The normalized spacial score (nSPS) is 12.1. The van der Waals surface area contributed by atoms with Crippen molar-refractivity contribution in [3.8, 4) is 0 Å². The van der Waals surface area contributed by atoms with Gasteiger partial charge in [-0.2, -0.15) is 0 Å². The van der Waals surface area contributed by atoms with Gasteiger partial charge in [0.25, 0.3) is 0 Å². The van der Waals surface area contributed by atoms with Crippen LogP contribution in [0.2, 0.25) is 5.02 Å². The summed E-state index contributed by atoms with van der Waals surface area (Å²) in [6.45, 7) is 2.16. The van der Waals surface area contributed by atoms with Crippen LogP contribution in [-0.2, 0) is 0 Å². The van der Waals surface area contributed by atoms with Crippen molar-refractivity contribution in [1.82, 2.24) is 0 Å². The van der Waals surface area contributed by atoms with Gasteiger partial charge in [0.15, 0.2) is 0 Å². The Balaban J connectivity index is 1.59. The zero-order chi connectivity index (χ0) is 31.1. The Kier molecular flexibility index (Phi) is 7.58. The summed E-state index contributed by atoms with van der Waals surface area (Å²) in [5.41, 5.74) is 1.24. The Labute approximate surface area is 281 Å². The van der Waals surface area contributed by atoms with Crippen molar-refractivity contribution in [2.75, 3.05) is 0 Å². The van der Waals surface area contributed by atoms with Crippen LogP contribution < -0.4 is 0 Å². The number of fused-ring (bicyclic) bond motifs is 3. The molecule has 0 bridgehead atoms. The van der Waals surface area contributed by atoms with Gasteiger partial charge in [-0.25, -0.2) is 0 Å². The largest absolute Gasteiger partial charge is 0.130 e. The first-order valence-corrected chi connectivity index (χ1v) is 18.3. The van der Waals surface area contributed by atoms with E-state index in [4.69, 9.17) is 11.6 Å². The van der Waals surface area contributed by atoms with E-state index in [0.717, 1.165) is 14.8 Å². The van der Waals surface area contributed by atoms with Crippen LogP contribution in [0.5, 0.6) is 0 Å². The van der Waals surface area contributed by atoms with Crippen molar-refractivity contribution in [2.24, 2.45) is 0 Å². The highest BCUT2D eigenvalue weighted by Crippen LogP contribution is 2.78. The zero-order valence-electron chi connectivity index (χ0n) is 25.4. The molecule has 3 heteroatoms. The van der Waals surface area contributed by atoms with Gasteiger partial charge in [0.05, 0.1) is 5.02 Å². The maximum Gasteiger partial charge on any atom is 0.0675 e. The third kappa shape index (κ3) is 4.72. The third-order valence-corrected chi connectivity index (χ3v) is 14.7. The van der Waals surface area contributed by atoms with Crippen molar-refractivity contribution in [3.05, 3.63) is 180 Å². The third-order valence-electron chi connectivity index (χ3n) is 8.81. The highest BCUT2D eigenvalue weighted by Gasteiger charge is 2.39. The molecule has 8 rings (SSSR count). The number of hydrogen-bond donors (Lipinski definition) is 0. The van der Waals surface area contributed by atoms with E-state index in [2.05, 4.69) is 177 Å². The predicted molar refractivity (Wildman–Crippen MR) is 199 cm³/mol. The number of aryl methyl sites for hydroxylation is 1. The van der Waals surface area contributed by atoms with Crippen molar-refractivity contribution >= 4 is 65.7 Å². The molecule has 0 spiro atoms. The van der Waals surface area contributed by atoms with Gasteiger partial charge in [-0.15, -0.1) is 10.0 Å².